The van der Waals surface area contributed by atoms with E-state index in [0.29, 0.717) is 25.3 Å². The molecule has 0 radical (unpaired) electrons. The first-order valence-electron chi connectivity index (χ1n) is 7.23. The molecule has 1 aliphatic heterocycles. The number of hydrogen-bond acceptors (Lipinski definition) is 3. The van der Waals surface area contributed by atoms with Crippen molar-refractivity contribution in [2.24, 2.45) is 17.4 Å². The summed E-state index contributed by atoms with van der Waals surface area (Å²) in [6.07, 6.45) is 4.82. The topological polar surface area (TPSA) is 89.4 Å². The summed E-state index contributed by atoms with van der Waals surface area (Å²) in [6.45, 7) is 5.33. The van der Waals surface area contributed by atoms with E-state index in [1.54, 1.807) is 0 Å². The summed E-state index contributed by atoms with van der Waals surface area (Å²) in [5.74, 6) is 0.152. The summed E-state index contributed by atoms with van der Waals surface area (Å²) >= 11 is 0. The Balaban J connectivity index is 2.54. The highest BCUT2D eigenvalue weighted by molar-refractivity contribution is 5.85. The summed E-state index contributed by atoms with van der Waals surface area (Å²) in [4.78, 5) is 25.1. The van der Waals surface area contributed by atoms with Crippen molar-refractivity contribution < 1.29 is 9.59 Å². The molecule has 19 heavy (non-hydrogen) atoms. The quantitative estimate of drug-likeness (QED) is 0.754. The number of primary amides is 1. The van der Waals surface area contributed by atoms with Gasteiger partial charge in [0, 0.05) is 19.5 Å². The standard InChI is InChI=1S/C14H27N3O2/c1-3-8-14(2,16)13(19)17-9-4-5-11(10-17)6-7-12(15)18/h11H,3-10,16H2,1-2H3,(H2,15,18). The molecule has 2 unspecified atom stereocenters. The summed E-state index contributed by atoms with van der Waals surface area (Å²) in [7, 11) is 0. The van der Waals surface area contributed by atoms with Crippen LogP contribution < -0.4 is 11.5 Å². The number of nitrogens with zero attached hydrogens (tertiary/aromatic N) is 1. The Morgan fingerprint density at radius 1 is 1.42 bits per heavy atom. The number of hydrogen-bond donors (Lipinski definition) is 2. The first-order valence-corrected chi connectivity index (χ1v) is 7.23. The number of nitrogens with two attached hydrogens (primary N) is 2. The Morgan fingerprint density at radius 3 is 2.68 bits per heavy atom. The van der Waals surface area contributed by atoms with Gasteiger partial charge in [-0.05, 0) is 38.5 Å². The van der Waals surface area contributed by atoms with Crippen molar-refractivity contribution in [2.75, 3.05) is 13.1 Å². The van der Waals surface area contributed by atoms with Crippen LogP contribution in [0.1, 0.15) is 52.4 Å². The van der Waals surface area contributed by atoms with Crippen LogP contribution in [0.4, 0.5) is 0 Å². The Hall–Kier alpha value is -1.10. The second-order valence-electron chi connectivity index (χ2n) is 5.93. The number of carbonyl (C=O) groups is 2. The Labute approximate surface area is 115 Å². The van der Waals surface area contributed by atoms with Crippen molar-refractivity contribution >= 4 is 11.8 Å². The van der Waals surface area contributed by atoms with Crippen LogP contribution >= 0.6 is 0 Å². The molecule has 1 heterocycles. The lowest BCUT2D eigenvalue weighted by Crippen LogP contribution is -2.55. The van der Waals surface area contributed by atoms with Gasteiger partial charge >= 0.3 is 0 Å². The number of likely N-dealkylation sites (tertiary alicyclic amines) is 1. The Morgan fingerprint density at radius 2 is 2.11 bits per heavy atom. The van der Waals surface area contributed by atoms with Gasteiger partial charge in [-0.15, -0.1) is 0 Å². The fourth-order valence-corrected chi connectivity index (χ4v) is 2.82. The average molecular weight is 269 g/mol. The Kier molecular flexibility index (Phi) is 5.79. The summed E-state index contributed by atoms with van der Waals surface area (Å²) < 4.78 is 0. The summed E-state index contributed by atoms with van der Waals surface area (Å²) in [5, 5.41) is 0. The van der Waals surface area contributed by atoms with Crippen LogP contribution in [0.15, 0.2) is 0 Å². The molecule has 0 aromatic carbocycles. The average Bonchev–Trinajstić information content (AvgIpc) is 2.35. The molecule has 1 fully saturated rings. The van der Waals surface area contributed by atoms with Crippen LogP contribution in [0, 0.1) is 5.92 Å². The molecule has 0 aromatic heterocycles. The zero-order valence-electron chi connectivity index (χ0n) is 12.2. The lowest BCUT2D eigenvalue weighted by molar-refractivity contribution is -0.138. The van der Waals surface area contributed by atoms with Gasteiger partial charge in [-0.1, -0.05) is 13.3 Å². The van der Waals surface area contributed by atoms with E-state index in [1.807, 2.05) is 18.7 Å². The van der Waals surface area contributed by atoms with Gasteiger partial charge in [-0.25, -0.2) is 0 Å². The molecule has 5 heteroatoms. The molecule has 1 aliphatic rings. The second-order valence-corrected chi connectivity index (χ2v) is 5.93. The van der Waals surface area contributed by atoms with Crippen LogP contribution in [-0.2, 0) is 9.59 Å². The number of amides is 2. The molecule has 1 rings (SSSR count). The van der Waals surface area contributed by atoms with Crippen LogP contribution in [0.25, 0.3) is 0 Å². The second kappa shape index (κ2) is 6.89. The fraction of sp³-hybridized carbons (Fsp3) is 0.857. The predicted octanol–water partition coefficient (Wildman–Crippen LogP) is 1.01. The molecular weight excluding hydrogens is 242 g/mol. The molecular formula is C14H27N3O2. The maximum Gasteiger partial charge on any atom is 0.242 e. The monoisotopic (exact) mass is 269 g/mol. The minimum Gasteiger partial charge on any atom is -0.370 e. The molecule has 0 aromatic rings. The highest BCUT2D eigenvalue weighted by Crippen LogP contribution is 2.23. The summed E-state index contributed by atoms with van der Waals surface area (Å²) in [6, 6.07) is 0. The lowest BCUT2D eigenvalue weighted by Gasteiger charge is -2.37. The van der Waals surface area contributed by atoms with Crippen LogP contribution in [0.5, 0.6) is 0 Å². The number of carbonyl (C=O) groups excluding carboxylic acids is 2. The van der Waals surface area contributed by atoms with Crippen molar-refractivity contribution in [3.8, 4) is 0 Å². The van der Waals surface area contributed by atoms with Crippen molar-refractivity contribution in [3.63, 3.8) is 0 Å². The van der Waals surface area contributed by atoms with E-state index in [9.17, 15) is 9.59 Å². The van der Waals surface area contributed by atoms with E-state index in [0.717, 1.165) is 32.2 Å². The van der Waals surface area contributed by atoms with Gasteiger partial charge in [-0.3, -0.25) is 9.59 Å². The van der Waals surface area contributed by atoms with Crippen LogP contribution in [-0.4, -0.2) is 35.3 Å². The van der Waals surface area contributed by atoms with Gasteiger partial charge in [0.2, 0.25) is 11.8 Å². The maximum absolute atomic E-state index is 12.4. The normalized spacial score (nSPS) is 22.9. The van der Waals surface area contributed by atoms with Gasteiger partial charge in [0.05, 0.1) is 5.54 Å². The van der Waals surface area contributed by atoms with Crippen molar-refractivity contribution in [2.45, 2.75) is 57.9 Å². The minimum atomic E-state index is -0.764. The predicted molar refractivity (Wildman–Crippen MR) is 75.2 cm³/mol. The first kappa shape index (κ1) is 16.0. The largest absolute Gasteiger partial charge is 0.370 e. The third kappa shape index (κ3) is 4.82. The molecule has 110 valence electrons. The van der Waals surface area contributed by atoms with Crippen LogP contribution in [0.3, 0.4) is 0 Å². The van der Waals surface area contributed by atoms with Gasteiger partial charge in [0.25, 0.3) is 0 Å². The first-order chi connectivity index (χ1) is 8.86. The van der Waals surface area contributed by atoms with Crippen LogP contribution in [0.2, 0.25) is 0 Å². The van der Waals surface area contributed by atoms with Crippen molar-refractivity contribution in [3.05, 3.63) is 0 Å². The summed E-state index contributed by atoms with van der Waals surface area (Å²) in [5.41, 5.74) is 10.5. The Bertz CT molecular complexity index is 329. The highest BCUT2D eigenvalue weighted by Gasteiger charge is 2.34. The van der Waals surface area contributed by atoms with Crippen molar-refractivity contribution in [1.29, 1.82) is 0 Å². The number of piperidine rings is 1. The molecule has 4 N–H and O–H groups in total. The smallest absolute Gasteiger partial charge is 0.242 e. The van der Waals surface area contributed by atoms with Gasteiger partial charge in [0.15, 0.2) is 0 Å². The molecule has 5 nitrogen and oxygen atoms in total. The van der Waals surface area contributed by atoms with E-state index in [2.05, 4.69) is 0 Å². The molecule has 0 saturated carbocycles. The van der Waals surface area contributed by atoms with Crippen molar-refractivity contribution in [1.82, 2.24) is 4.90 Å². The maximum atomic E-state index is 12.4. The molecule has 0 aliphatic carbocycles. The number of rotatable bonds is 6. The lowest BCUT2D eigenvalue weighted by atomic mass is 9.90. The fourth-order valence-electron chi connectivity index (χ4n) is 2.82. The third-order valence-corrected chi connectivity index (χ3v) is 3.86. The molecule has 0 spiro atoms. The van der Waals surface area contributed by atoms with Gasteiger partial charge < -0.3 is 16.4 Å². The third-order valence-electron chi connectivity index (χ3n) is 3.86. The van der Waals surface area contributed by atoms with Gasteiger partial charge in [0.1, 0.15) is 0 Å². The zero-order valence-corrected chi connectivity index (χ0v) is 12.2. The minimum absolute atomic E-state index is 0.0399. The van der Waals surface area contributed by atoms with Gasteiger partial charge in [-0.2, -0.15) is 0 Å². The van der Waals surface area contributed by atoms with E-state index >= 15 is 0 Å². The molecule has 0 bridgehead atoms. The SMILES string of the molecule is CCCC(C)(N)C(=O)N1CCCC(CCC(N)=O)C1. The highest BCUT2D eigenvalue weighted by atomic mass is 16.2. The van der Waals surface area contributed by atoms with E-state index in [4.69, 9.17) is 11.5 Å². The molecule has 2 amide bonds. The molecule has 1 saturated heterocycles. The molecule has 2 atom stereocenters. The zero-order chi connectivity index (χ0) is 14.5. The van der Waals surface area contributed by atoms with E-state index < -0.39 is 5.54 Å². The van der Waals surface area contributed by atoms with E-state index in [1.165, 1.54) is 0 Å². The van der Waals surface area contributed by atoms with E-state index in [-0.39, 0.29) is 11.8 Å².